The van der Waals surface area contributed by atoms with E-state index in [0.717, 1.165) is 6.54 Å². The van der Waals surface area contributed by atoms with Crippen LogP contribution in [0.1, 0.15) is 10.4 Å². The predicted molar refractivity (Wildman–Crippen MR) is 69.6 cm³/mol. The molecule has 0 atom stereocenters. The summed E-state index contributed by atoms with van der Waals surface area (Å²) < 4.78 is 10.4. The van der Waals surface area contributed by atoms with Crippen LogP contribution in [0.25, 0.3) is 0 Å². The monoisotopic (exact) mass is 253 g/mol. The number of carbonyl (C=O) groups excluding carboxylic acids is 1. The van der Waals surface area contributed by atoms with Gasteiger partial charge in [-0.05, 0) is 12.1 Å². The molecule has 0 saturated heterocycles. The van der Waals surface area contributed by atoms with Gasteiger partial charge in [0.2, 0.25) is 0 Å². The van der Waals surface area contributed by atoms with Crippen molar-refractivity contribution in [3.05, 3.63) is 23.8 Å². The number of ether oxygens (including phenoxy) is 2. The van der Waals surface area contributed by atoms with Crippen molar-refractivity contribution in [2.75, 3.05) is 41.4 Å². The maximum Gasteiger partial charge on any atom is 0.255 e. The van der Waals surface area contributed by atoms with E-state index in [2.05, 4.69) is 5.32 Å². The van der Waals surface area contributed by atoms with Gasteiger partial charge in [0.1, 0.15) is 0 Å². The smallest absolute Gasteiger partial charge is 0.255 e. The number of nitrogens with one attached hydrogen (secondary N) is 2. The van der Waals surface area contributed by atoms with Crippen molar-refractivity contribution >= 4 is 5.91 Å². The van der Waals surface area contributed by atoms with Crippen molar-refractivity contribution in [1.82, 2.24) is 5.32 Å². The molecule has 0 unspecified atom stereocenters. The number of methoxy groups -OCH3 is 2. The van der Waals surface area contributed by atoms with Gasteiger partial charge in [-0.15, -0.1) is 0 Å². The van der Waals surface area contributed by atoms with E-state index in [0.29, 0.717) is 23.6 Å². The Morgan fingerprint density at radius 1 is 1.28 bits per heavy atom. The molecule has 100 valence electrons. The molecule has 0 aliphatic carbocycles. The Bertz CT molecular complexity index is 405. The second kappa shape index (κ2) is 6.86. The van der Waals surface area contributed by atoms with Crippen LogP contribution in [0.5, 0.6) is 11.5 Å². The third-order valence-electron chi connectivity index (χ3n) is 2.56. The van der Waals surface area contributed by atoms with E-state index >= 15 is 0 Å². The summed E-state index contributed by atoms with van der Waals surface area (Å²) >= 11 is 0. The summed E-state index contributed by atoms with van der Waals surface area (Å²) in [5.41, 5.74) is 0.491. The average molecular weight is 253 g/mol. The summed E-state index contributed by atoms with van der Waals surface area (Å²) in [6.07, 6.45) is 0. The highest BCUT2D eigenvalue weighted by atomic mass is 16.5. The first-order chi connectivity index (χ1) is 8.60. The number of para-hydroxylation sites is 1. The molecule has 5 heteroatoms. The van der Waals surface area contributed by atoms with Crippen LogP contribution < -0.4 is 19.7 Å². The first-order valence-electron chi connectivity index (χ1n) is 5.88. The van der Waals surface area contributed by atoms with Crippen molar-refractivity contribution in [3.63, 3.8) is 0 Å². The highest BCUT2D eigenvalue weighted by Crippen LogP contribution is 2.30. The quantitative estimate of drug-likeness (QED) is 0.724. The number of carbonyl (C=O) groups is 1. The zero-order chi connectivity index (χ0) is 13.5. The lowest BCUT2D eigenvalue weighted by molar-refractivity contribution is -0.856. The van der Waals surface area contributed by atoms with Gasteiger partial charge in [-0.25, -0.2) is 0 Å². The zero-order valence-electron chi connectivity index (χ0n) is 11.4. The Labute approximate surface area is 108 Å². The van der Waals surface area contributed by atoms with E-state index < -0.39 is 0 Å². The molecule has 0 saturated carbocycles. The Hall–Kier alpha value is -1.75. The highest BCUT2D eigenvalue weighted by molar-refractivity contribution is 5.97. The molecule has 1 rings (SSSR count). The third-order valence-corrected chi connectivity index (χ3v) is 2.56. The first kappa shape index (κ1) is 14.3. The number of hydrogen-bond donors (Lipinski definition) is 2. The molecule has 1 aromatic rings. The SMILES string of the molecule is COc1cccc(C(=O)NCC[NH+](C)C)c1OC. The van der Waals surface area contributed by atoms with E-state index in [1.807, 2.05) is 14.1 Å². The second-order valence-electron chi connectivity index (χ2n) is 4.25. The van der Waals surface area contributed by atoms with Gasteiger partial charge >= 0.3 is 0 Å². The standard InChI is InChI=1S/C13H20N2O3/c1-15(2)9-8-14-13(16)10-6-5-7-11(17-3)12(10)18-4/h5-7H,8-9H2,1-4H3,(H,14,16)/p+1. The van der Waals surface area contributed by atoms with Gasteiger partial charge in [0, 0.05) is 0 Å². The van der Waals surface area contributed by atoms with Crippen molar-refractivity contribution < 1.29 is 19.2 Å². The minimum absolute atomic E-state index is 0.146. The maximum atomic E-state index is 12.0. The molecule has 0 radical (unpaired) electrons. The van der Waals surface area contributed by atoms with Gasteiger partial charge in [0.25, 0.3) is 5.91 Å². The van der Waals surface area contributed by atoms with Gasteiger partial charge in [-0.1, -0.05) is 6.07 Å². The molecule has 18 heavy (non-hydrogen) atoms. The van der Waals surface area contributed by atoms with Crippen LogP contribution >= 0.6 is 0 Å². The number of benzene rings is 1. The van der Waals surface area contributed by atoms with Crippen molar-refractivity contribution in [1.29, 1.82) is 0 Å². The average Bonchev–Trinajstić information content (AvgIpc) is 2.36. The molecule has 0 aliphatic heterocycles. The fourth-order valence-corrected chi connectivity index (χ4v) is 1.59. The van der Waals surface area contributed by atoms with E-state index in [4.69, 9.17) is 9.47 Å². The van der Waals surface area contributed by atoms with E-state index in [-0.39, 0.29) is 5.91 Å². The molecular formula is C13H21N2O3+. The lowest BCUT2D eigenvalue weighted by Crippen LogP contribution is -3.06. The molecule has 0 bridgehead atoms. The minimum atomic E-state index is -0.146. The van der Waals surface area contributed by atoms with Crippen LogP contribution in [0.4, 0.5) is 0 Å². The van der Waals surface area contributed by atoms with Gasteiger partial charge in [-0.3, -0.25) is 4.79 Å². The van der Waals surface area contributed by atoms with Gasteiger partial charge in [0.15, 0.2) is 11.5 Å². The van der Waals surface area contributed by atoms with Crippen LogP contribution in [0, 0.1) is 0 Å². The molecule has 0 aliphatic rings. The summed E-state index contributed by atoms with van der Waals surface area (Å²) in [6.45, 7) is 1.50. The Kier molecular flexibility index (Phi) is 5.45. The number of hydrogen-bond acceptors (Lipinski definition) is 3. The van der Waals surface area contributed by atoms with Gasteiger partial charge in [0.05, 0.1) is 47.0 Å². The van der Waals surface area contributed by atoms with Crippen LogP contribution in [0.3, 0.4) is 0 Å². The van der Waals surface area contributed by atoms with Gasteiger partial charge in [-0.2, -0.15) is 0 Å². The predicted octanol–water partition coefficient (Wildman–Crippen LogP) is -0.422. The van der Waals surface area contributed by atoms with Crippen LogP contribution in [-0.2, 0) is 0 Å². The first-order valence-corrected chi connectivity index (χ1v) is 5.88. The van der Waals surface area contributed by atoms with Crippen LogP contribution in [0.2, 0.25) is 0 Å². The summed E-state index contributed by atoms with van der Waals surface area (Å²) in [5, 5.41) is 2.86. The summed E-state index contributed by atoms with van der Waals surface area (Å²) in [5.74, 6) is 0.880. The molecule has 2 N–H and O–H groups in total. The normalized spacial score (nSPS) is 10.3. The van der Waals surface area contributed by atoms with E-state index in [9.17, 15) is 4.79 Å². The topological polar surface area (TPSA) is 52.0 Å². The molecule has 0 aromatic heterocycles. The van der Waals surface area contributed by atoms with Crippen LogP contribution in [-0.4, -0.2) is 47.3 Å². The largest absolute Gasteiger partial charge is 0.493 e. The van der Waals surface area contributed by atoms with Crippen molar-refractivity contribution in [2.45, 2.75) is 0 Å². The number of likely N-dealkylation sites (N-methyl/N-ethyl adjacent to an activating group) is 1. The molecular weight excluding hydrogens is 232 g/mol. The fourth-order valence-electron chi connectivity index (χ4n) is 1.59. The summed E-state index contributed by atoms with van der Waals surface area (Å²) in [6, 6.07) is 5.26. The van der Waals surface area contributed by atoms with Gasteiger partial charge < -0.3 is 19.7 Å². The van der Waals surface area contributed by atoms with Crippen molar-refractivity contribution in [3.8, 4) is 11.5 Å². The maximum absolute atomic E-state index is 12.0. The minimum Gasteiger partial charge on any atom is -0.493 e. The second-order valence-corrected chi connectivity index (χ2v) is 4.25. The lowest BCUT2D eigenvalue weighted by atomic mass is 10.1. The molecule has 1 amide bonds. The fraction of sp³-hybridized carbons (Fsp3) is 0.462. The molecule has 1 aromatic carbocycles. The summed E-state index contributed by atoms with van der Waals surface area (Å²) in [7, 11) is 7.16. The van der Waals surface area contributed by atoms with E-state index in [1.54, 1.807) is 25.3 Å². The number of amides is 1. The van der Waals surface area contributed by atoms with Crippen molar-refractivity contribution in [2.24, 2.45) is 0 Å². The lowest BCUT2D eigenvalue weighted by Gasteiger charge is -2.13. The van der Waals surface area contributed by atoms with Crippen LogP contribution in [0.15, 0.2) is 18.2 Å². The number of rotatable bonds is 6. The Morgan fingerprint density at radius 3 is 2.56 bits per heavy atom. The molecule has 0 fully saturated rings. The molecule has 0 heterocycles. The van der Waals surface area contributed by atoms with E-state index in [1.165, 1.54) is 12.0 Å². The molecule has 0 spiro atoms. The highest BCUT2D eigenvalue weighted by Gasteiger charge is 2.15. The zero-order valence-corrected chi connectivity index (χ0v) is 11.4. The Balaban J connectivity index is 2.79. The Morgan fingerprint density at radius 2 is 2.00 bits per heavy atom. The molecule has 5 nitrogen and oxygen atoms in total. The summed E-state index contributed by atoms with van der Waals surface area (Å²) in [4.78, 5) is 13.3. The third kappa shape index (κ3) is 3.63. The number of quaternary nitrogens is 1.